The van der Waals surface area contributed by atoms with Crippen LogP contribution in [0.5, 0.6) is 0 Å². The standard InChI is InChI=1S/C21H24N4O2/c1-14(2)20(26)25-19(21(27)24-13-16-7-5-6-10-22-16)11-15-12-23-18-9-4-3-8-17(15)18/h3-10,12,14,19,23H,11,13H2,1-2H3,(H,24,27)(H,25,26). The summed E-state index contributed by atoms with van der Waals surface area (Å²) in [4.78, 5) is 32.4. The third-order valence-electron chi connectivity index (χ3n) is 4.43. The lowest BCUT2D eigenvalue weighted by atomic mass is 10.0. The van der Waals surface area contributed by atoms with E-state index in [0.717, 1.165) is 22.2 Å². The molecule has 2 heterocycles. The fraction of sp³-hybridized carbons (Fsp3) is 0.286. The Kier molecular flexibility index (Phi) is 5.86. The number of fused-ring (bicyclic) bond motifs is 1. The van der Waals surface area contributed by atoms with Gasteiger partial charge < -0.3 is 15.6 Å². The van der Waals surface area contributed by atoms with E-state index >= 15 is 0 Å². The molecular weight excluding hydrogens is 340 g/mol. The number of nitrogens with zero attached hydrogens (tertiary/aromatic N) is 1. The molecule has 0 saturated carbocycles. The highest BCUT2D eigenvalue weighted by atomic mass is 16.2. The van der Waals surface area contributed by atoms with Crippen LogP contribution in [0.1, 0.15) is 25.1 Å². The monoisotopic (exact) mass is 364 g/mol. The van der Waals surface area contributed by atoms with Gasteiger partial charge in [-0.25, -0.2) is 0 Å². The van der Waals surface area contributed by atoms with Crippen molar-refractivity contribution in [3.8, 4) is 0 Å². The normalized spacial score (nSPS) is 12.1. The molecule has 0 aliphatic heterocycles. The lowest BCUT2D eigenvalue weighted by Crippen LogP contribution is -2.49. The summed E-state index contributed by atoms with van der Waals surface area (Å²) in [6.45, 7) is 3.94. The van der Waals surface area contributed by atoms with Gasteiger partial charge in [-0.15, -0.1) is 0 Å². The van der Waals surface area contributed by atoms with Crippen LogP contribution in [0.15, 0.2) is 54.9 Å². The molecular formula is C21H24N4O2. The number of benzene rings is 1. The van der Waals surface area contributed by atoms with Gasteiger partial charge in [-0.2, -0.15) is 0 Å². The molecule has 0 aliphatic carbocycles. The second-order valence-corrected chi connectivity index (χ2v) is 6.82. The number of pyridine rings is 1. The van der Waals surface area contributed by atoms with Crippen LogP contribution in [-0.2, 0) is 22.6 Å². The Labute approximate surface area is 158 Å². The predicted octanol–water partition coefficient (Wildman–Crippen LogP) is 2.56. The molecule has 3 N–H and O–H groups in total. The summed E-state index contributed by atoms with van der Waals surface area (Å²) in [5.41, 5.74) is 2.77. The third-order valence-corrected chi connectivity index (χ3v) is 4.43. The van der Waals surface area contributed by atoms with Crippen molar-refractivity contribution < 1.29 is 9.59 Å². The summed E-state index contributed by atoms with van der Waals surface area (Å²) in [6.07, 6.45) is 3.99. The number of carbonyl (C=O) groups excluding carboxylic acids is 2. The number of aromatic amines is 1. The van der Waals surface area contributed by atoms with Crippen LogP contribution in [0.2, 0.25) is 0 Å². The van der Waals surface area contributed by atoms with E-state index in [1.807, 2.05) is 62.5 Å². The van der Waals surface area contributed by atoms with Gasteiger partial charge in [-0.1, -0.05) is 38.1 Å². The Bertz CT molecular complexity index is 918. The molecule has 0 saturated heterocycles. The first-order chi connectivity index (χ1) is 13.0. The maximum absolute atomic E-state index is 12.8. The number of rotatable bonds is 7. The minimum Gasteiger partial charge on any atom is -0.361 e. The Hall–Kier alpha value is -3.15. The van der Waals surface area contributed by atoms with Crippen LogP contribution in [0, 0.1) is 5.92 Å². The van der Waals surface area contributed by atoms with Crippen molar-refractivity contribution in [1.29, 1.82) is 0 Å². The van der Waals surface area contributed by atoms with E-state index in [1.54, 1.807) is 6.20 Å². The SMILES string of the molecule is CC(C)C(=O)NC(Cc1c[nH]c2ccccc12)C(=O)NCc1ccccn1. The molecule has 0 radical (unpaired) electrons. The summed E-state index contributed by atoms with van der Waals surface area (Å²) < 4.78 is 0. The lowest BCUT2D eigenvalue weighted by molar-refractivity contribution is -0.130. The van der Waals surface area contributed by atoms with E-state index in [4.69, 9.17) is 0 Å². The van der Waals surface area contributed by atoms with Crippen molar-refractivity contribution in [3.05, 3.63) is 66.1 Å². The fourth-order valence-electron chi connectivity index (χ4n) is 2.87. The molecule has 1 unspecified atom stereocenters. The largest absolute Gasteiger partial charge is 0.361 e. The zero-order valence-corrected chi connectivity index (χ0v) is 15.5. The topological polar surface area (TPSA) is 86.9 Å². The molecule has 2 amide bonds. The van der Waals surface area contributed by atoms with Crippen LogP contribution in [0.25, 0.3) is 10.9 Å². The molecule has 0 fully saturated rings. The smallest absolute Gasteiger partial charge is 0.243 e. The molecule has 1 aromatic carbocycles. The van der Waals surface area contributed by atoms with Crippen molar-refractivity contribution in [1.82, 2.24) is 20.6 Å². The molecule has 2 aromatic heterocycles. The minimum atomic E-state index is -0.650. The maximum Gasteiger partial charge on any atom is 0.243 e. The van der Waals surface area contributed by atoms with Crippen LogP contribution in [0.3, 0.4) is 0 Å². The fourth-order valence-corrected chi connectivity index (χ4v) is 2.87. The maximum atomic E-state index is 12.8. The van der Waals surface area contributed by atoms with Crippen molar-refractivity contribution in [3.63, 3.8) is 0 Å². The zero-order chi connectivity index (χ0) is 19.2. The minimum absolute atomic E-state index is 0.146. The van der Waals surface area contributed by atoms with Gasteiger partial charge in [0.15, 0.2) is 0 Å². The van der Waals surface area contributed by atoms with Crippen LogP contribution in [-0.4, -0.2) is 27.8 Å². The molecule has 140 valence electrons. The van der Waals surface area contributed by atoms with Gasteiger partial charge in [0.05, 0.1) is 12.2 Å². The Balaban J connectivity index is 1.75. The first kappa shape index (κ1) is 18.6. The highest BCUT2D eigenvalue weighted by Gasteiger charge is 2.23. The van der Waals surface area contributed by atoms with Crippen LogP contribution >= 0.6 is 0 Å². The average Bonchev–Trinajstić information content (AvgIpc) is 3.09. The van der Waals surface area contributed by atoms with Gasteiger partial charge in [0.1, 0.15) is 6.04 Å². The second-order valence-electron chi connectivity index (χ2n) is 6.82. The Morgan fingerprint density at radius 3 is 2.59 bits per heavy atom. The van der Waals surface area contributed by atoms with E-state index < -0.39 is 6.04 Å². The van der Waals surface area contributed by atoms with Crippen molar-refractivity contribution in [2.45, 2.75) is 32.9 Å². The molecule has 6 heteroatoms. The summed E-state index contributed by atoms with van der Waals surface area (Å²) in [7, 11) is 0. The van der Waals surface area contributed by atoms with Crippen molar-refractivity contribution in [2.24, 2.45) is 5.92 Å². The number of para-hydroxylation sites is 1. The average molecular weight is 364 g/mol. The molecule has 3 rings (SSSR count). The summed E-state index contributed by atoms with van der Waals surface area (Å²) >= 11 is 0. The van der Waals surface area contributed by atoms with Gasteiger partial charge >= 0.3 is 0 Å². The number of amides is 2. The molecule has 0 spiro atoms. The van der Waals surface area contributed by atoms with Gasteiger partial charge in [-0.05, 0) is 23.8 Å². The Morgan fingerprint density at radius 2 is 1.85 bits per heavy atom. The summed E-state index contributed by atoms with van der Waals surface area (Å²) in [5, 5.41) is 6.80. The van der Waals surface area contributed by atoms with Crippen molar-refractivity contribution >= 4 is 22.7 Å². The van der Waals surface area contributed by atoms with Gasteiger partial charge in [0.2, 0.25) is 11.8 Å². The molecule has 6 nitrogen and oxygen atoms in total. The van der Waals surface area contributed by atoms with E-state index in [1.165, 1.54) is 0 Å². The number of aromatic nitrogens is 2. The molecule has 27 heavy (non-hydrogen) atoms. The van der Waals surface area contributed by atoms with Crippen LogP contribution in [0.4, 0.5) is 0 Å². The number of hydrogen-bond donors (Lipinski definition) is 3. The van der Waals surface area contributed by atoms with E-state index in [0.29, 0.717) is 13.0 Å². The van der Waals surface area contributed by atoms with Gasteiger partial charge in [0, 0.05) is 35.6 Å². The lowest BCUT2D eigenvalue weighted by Gasteiger charge is -2.19. The number of carbonyl (C=O) groups is 2. The quantitative estimate of drug-likeness (QED) is 0.602. The third kappa shape index (κ3) is 4.73. The first-order valence-corrected chi connectivity index (χ1v) is 9.07. The Morgan fingerprint density at radius 1 is 1.07 bits per heavy atom. The first-order valence-electron chi connectivity index (χ1n) is 9.07. The predicted molar refractivity (Wildman–Crippen MR) is 105 cm³/mol. The number of nitrogens with one attached hydrogen (secondary N) is 3. The number of H-pyrrole nitrogens is 1. The van der Waals surface area contributed by atoms with E-state index in [-0.39, 0.29) is 17.7 Å². The van der Waals surface area contributed by atoms with Crippen LogP contribution < -0.4 is 10.6 Å². The summed E-state index contributed by atoms with van der Waals surface area (Å²) in [6, 6.07) is 12.8. The summed E-state index contributed by atoms with van der Waals surface area (Å²) in [5.74, 6) is -0.563. The van der Waals surface area contributed by atoms with Gasteiger partial charge in [0.25, 0.3) is 0 Å². The highest BCUT2D eigenvalue weighted by Crippen LogP contribution is 2.19. The van der Waals surface area contributed by atoms with E-state index in [2.05, 4.69) is 20.6 Å². The molecule has 1 atom stereocenters. The van der Waals surface area contributed by atoms with Crippen molar-refractivity contribution in [2.75, 3.05) is 0 Å². The number of hydrogen-bond acceptors (Lipinski definition) is 3. The molecule has 0 bridgehead atoms. The second kappa shape index (κ2) is 8.49. The van der Waals surface area contributed by atoms with E-state index in [9.17, 15) is 9.59 Å². The highest BCUT2D eigenvalue weighted by molar-refractivity contribution is 5.90. The molecule has 3 aromatic rings. The zero-order valence-electron chi connectivity index (χ0n) is 15.5. The molecule has 0 aliphatic rings. The van der Waals surface area contributed by atoms with Gasteiger partial charge in [-0.3, -0.25) is 14.6 Å².